The van der Waals surface area contributed by atoms with Crippen LogP contribution in [0.2, 0.25) is 0 Å². The molecule has 1 saturated carbocycles. The van der Waals surface area contributed by atoms with Crippen molar-refractivity contribution >= 4 is 32.9 Å². The molecule has 198 valence electrons. The highest BCUT2D eigenvalue weighted by molar-refractivity contribution is 6.10. The fourth-order valence-electron chi connectivity index (χ4n) is 7.21. The van der Waals surface area contributed by atoms with Crippen molar-refractivity contribution in [3.8, 4) is 5.75 Å². The van der Waals surface area contributed by atoms with Gasteiger partial charge < -0.3 is 4.74 Å². The second kappa shape index (κ2) is 10.2. The number of ether oxygens (including phenoxy) is 1. The summed E-state index contributed by atoms with van der Waals surface area (Å²) in [5, 5.41) is 5.32. The molecule has 4 unspecified atom stereocenters. The van der Waals surface area contributed by atoms with Crippen LogP contribution in [-0.4, -0.2) is 24.4 Å². The summed E-state index contributed by atoms with van der Waals surface area (Å²) in [5.41, 5.74) is 5.60. The van der Waals surface area contributed by atoms with Crippen molar-refractivity contribution < 1.29 is 9.31 Å². The molecule has 4 atom stereocenters. The first-order valence-electron chi connectivity index (χ1n) is 14.3. The van der Waals surface area contributed by atoms with Crippen LogP contribution in [0.15, 0.2) is 72.8 Å². The average molecular weight is 507 g/mol. The van der Waals surface area contributed by atoms with Crippen LogP contribution in [0.1, 0.15) is 59.1 Å². The van der Waals surface area contributed by atoms with Gasteiger partial charge in [-0.3, -0.25) is 0 Å². The zero-order valence-corrected chi connectivity index (χ0v) is 24.5. The van der Waals surface area contributed by atoms with Gasteiger partial charge in [0.05, 0.1) is 7.11 Å². The molecule has 1 aliphatic rings. The van der Waals surface area contributed by atoms with Crippen LogP contribution in [0.25, 0.3) is 21.5 Å². The molecular weight excluding hydrogens is 462 g/mol. The Morgan fingerprint density at radius 1 is 0.816 bits per heavy atom. The van der Waals surface area contributed by atoms with E-state index in [1.54, 1.807) is 7.11 Å². The van der Waals surface area contributed by atoms with Crippen molar-refractivity contribution in [3.63, 3.8) is 0 Å². The van der Waals surface area contributed by atoms with Gasteiger partial charge in [-0.25, -0.2) is 0 Å². The number of hydrogen-bond acceptors (Lipinski definition) is 1. The molecule has 5 rings (SSSR count). The molecular formula is C36H44NO+. The molecule has 2 nitrogen and oxygen atoms in total. The van der Waals surface area contributed by atoms with Crippen molar-refractivity contribution in [1.29, 1.82) is 0 Å². The summed E-state index contributed by atoms with van der Waals surface area (Å²) in [6.07, 6.45) is 2.31. The number of hydrogen-bond donors (Lipinski definition) is 0. The van der Waals surface area contributed by atoms with Gasteiger partial charge >= 0.3 is 0 Å². The number of methoxy groups -OCH3 is 1. The van der Waals surface area contributed by atoms with E-state index in [9.17, 15) is 0 Å². The van der Waals surface area contributed by atoms with Crippen LogP contribution in [0.4, 0.5) is 5.69 Å². The Kier molecular flexibility index (Phi) is 7.11. The molecule has 0 bridgehead atoms. The maximum Gasteiger partial charge on any atom is 0.205 e. The van der Waals surface area contributed by atoms with Gasteiger partial charge in [-0.1, -0.05) is 71.0 Å². The predicted octanol–water partition coefficient (Wildman–Crippen LogP) is 9.28. The summed E-state index contributed by atoms with van der Waals surface area (Å²) in [6.45, 7) is 14.7. The molecule has 0 radical (unpaired) electrons. The molecule has 4 aromatic carbocycles. The Balaban J connectivity index is 1.63. The minimum Gasteiger partial charge on any atom is -0.497 e. The third-order valence-corrected chi connectivity index (χ3v) is 10.7. The van der Waals surface area contributed by atoms with E-state index >= 15 is 0 Å². The van der Waals surface area contributed by atoms with E-state index in [0.717, 1.165) is 35.8 Å². The quantitative estimate of drug-likeness (QED) is 0.144. The lowest BCUT2D eigenvalue weighted by Crippen LogP contribution is -2.28. The fraction of sp³-hybridized carbons (Fsp3) is 0.417. The normalized spacial score (nSPS) is 26.1. The Morgan fingerprint density at radius 2 is 1.45 bits per heavy atom. The maximum atomic E-state index is 5.39. The highest BCUT2D eigenvalue weighted by atomic mass is 16.5. The van der Waals surface area contributed by atoms with Gasteiger partial charge in [-0.05, 0) is 93.3 Å². The Bertz CT molecular complexity index is 1480. The van der Waals surface area contributed by atoms with Gasteiger partial charge in [-0.2, -0.15) is 4.58 Å². The van der Waals surface area contributed by atoms with Crippen molar-refractivity contribution in [3.05, 3.63) is 83.9 Å². The van der Waals surface area contributed by atoms with Crippen molar-refractivity contribution in [1.82, 2.24) is 0 Å². The monoisotopic (exact) mass is 506 g/mol. The Hall–Kier alpha value is -3.13. The summed E-state index contributed by atoms with van der Waals surface area (Å²) in [7, 11) is 3.90. The lowest BCUT2D eigenvalue weighted by molar-refractivity contribution is -0.404. The zero-order valence-electron chi connectivity index (χ0n) is 24.5. The molecule has 38 heavy (non-hydrogen) atoms. The van der Waals surface area contributed by atoms with Gasteiger partial charge in [-0.15, -0.1) is 0 Å². The lowest BCUT2D eigenvalue weighted by atomic mass is 9.69. The van der Waals surface area contributed by atoms with Crippen LogP contribution < -0.4 is 4.74 Å². The fourth-order valence-corrected chi connectivity index (χ4v) is 7.21. The summed E-state index contributed by atoms with van der Waals surface area (Å²) in [4.78, 5) is 0. The number of aryl methyl sites for hydroxylation is 1. The Morgan fingerprint density at radius 3 is 2.11 bits per heavy atom. The average Bonchev–Trinajstić information content (AvgIpc) is 3.10. The maximum absolute atomic E-state index is 5.39. The third kappa shape index (κ3) is 4.42. The molecule has 0 aliphatic heterocycles. The molecule has 1 aliphatic carbocycles. The van der Waals surface area contributed by atoms with Crippen LogP contribution in [-0.2, 0) is 6.42 Å². The molecule has 0 aromatic heterocycles. The van der Waals surface area contributed by atoms with Crippen LogP contribution in [0, 0.1) is 29.1 Å². The third-order valence-electron chi connectivity index (χ3n) is 10.7. The van der Waals surface area contributed by atoms with Gasteiger partial charge in [0.2, 0.25) is 5.69 Å². The van der Waals surface area contributed by atoms with Crippen LogP contribution >= 0.6 is 0 Å². The van der Waals surface area contributed by atoms with Crippen molar-refractivity contribution in [2.45, 2.75) is 54.4 Å². The zero-order chi connectivity index (χ0) is 27.2. The number of benzene rings is 4. The molecule has 0 saturated heterocycles. The largest absolute Gasteiger partial charge is 0.497 e. The first-order chi connectivity index (χ1) is 18.2. The second-order valence-electron chi connectivity index (χ2n) is 12.2. The highest BCUT2D eigenvalue weighted by Crippen LogP contribution is 2.56. The van der Waals surface area contributed by atoms with E-state index < -0.39 is 0 Å². The van der Waals surface area contributed by atoms with E-state index in [-0.39, 0.29) is 0 Å². The lowest BCUT2D eigenvalue weighted by Gasteiger charge is -2.35. The topological polar surface area (TPSA) is 12.2 Å². The number of fused-ring (bicyclic) bond motifs is 3. The predicted molar refractivity (Wildman–Crippen MR) is 163 cm³/mol. The van der Waals surface area contributed by atoms with Crippen molar-refractivity contribution in [2.75, 3.05) is 14.2 Å². The smallest absolute Gasteiger partial charge is 0.205 e. The van der Waals surface area contributed by atoms with E-state index in [1.165, 1.54) is 50.5 Å². The van der Waals surface area contributed by atoms with E-state index in [4.69, 9.17) is 4.74 Å². The molecule has 2 heteroatoms. The van der Waals surface area contributed by atoms with Gasteiger partial charge in [0.25, 0.3) is 0 Å². The van der Waals surface area contributed by atoms with E-state index in [1.807, 2.05) is 12.1 Å². The van der Waals surface area contributed by atoms with E-state index in [2.05, 4.69) is 114 Å². The number of nitrogens with zero attached hydrogens (tertiary/aromatic N) is 1. The SMILES string of the molecule is COc1ccc([N+](C)=C(C)c2cc3ccc4ccccc4c3cc2CCC2(C)C(C)C(C)C(C)C2C)cc1. The minimum absolute atomic E-state index is 0.347. The first-order valence-corrected chi connectivity index (χ1v) is 14.3. The number of rotatable bonds is 6. The first kappa shape index (κ1) is 26.5. The Labute approximate surface area is 229 Å². The second-order valence-corrected chi connectivity index (χ2v) is 12.2. The summed E-state index contributed by atoms with van der Waals surface area (Å²) in [5.74, 6) is 3.87. The molecule has 0 spiro atoms. The highest BCUT2D eigenvalue weighted by Gasteiger charge is 2.49. The molecule has 0 N–H and O–H groups in total. The van der Waals surface area contributed by atoms with Crippen molar-refractivity contribution in [2.24, 2.45) is 29.1 Å². The van der Waals surface area contributed by atoms with Crippen LogP contribution in [0.3, 0.4) is 0 Å². The molecule has 0 amide bonds. The summed E-state index contributed by atoms with van der Waals surface area (Å²) >= 11 is 0. The summed E-state index contributed by atoms with van der Waals surface area (Å²) < 4.78 is 7.71. The van der Waals surface area contributed by atoms with Gasteiger partial charge in [0, 0.05) is 24.6 Å². The molecule has 1 fully saturated rings. The minimum atomic E-state index is 0.347. The van der Waals surface area contributed by atoms with Gasteiger partial charge in [0.1, 0.15) is 12.8 Å². The standard InChI is InChI=1S/C36H44NO/c1-23-24(2)26(4)36(6,25(23)3)20-19-30-22-35-29(14-13-28-11-9-10-12-33(28)35)21-34(30)27(5)37(7)31-15-17-32(38-8)18-16-31/h9-18,21-26H,19-20H2,1-8H3/q+1. The van der Waals surface area contributed by atoms with Crippen LogP contribution in [0.5, 0.6) is 5.75 Å². The summed E-state index contributed by atoms with van der Waals surface area (Å²) in [6, 6.07) is 26.6. The van der Waals surface area contributed by atoms with E-state index in [0.29, 0.717) is 5.41 Å². The molecule has 0 heterocycles. The molecule has 4 aromatic rings. The van der Waals surface area contributed by atoms with Gasteiger partial charge in [0.15, 0.2) is 5.71 Å².